The van der Waals surface area contributed by atoms with Gasteiger partial charge in [-0.3, -0.25) is 9.69 Å². The van der Waals surface area contributed by atoms with Crippen LogP contribution in [0.2, 0.25) is 0 Å². The van der Waals surface area contributed by atoms with Gasteiger partial charge in [0.15, 0.2) is 5.76 Å². The molecule has 4 aromatic rings. The van der Waals surface area contributed by atoms with Crippen LogP contribution in [0.4, 0.5) is 0 Å². The molecule has 0 radical (unpaired) electrons. The van der Waals surface area contributed by atoms with E-state index in [-0.39, 0.29) is 11.9 Å². The Labute approximate surface area is 211 Å². The van der Waals surface area contributed by atoms with Crippen molar-refractivity contribution in [3.8, 4) is 28.5 Å². The molecule has 1 aliphatic rings. The number of aromatic nitrogens is 1. The molecule has 1 fully saturated rings. The fraction of sp³-hybridized carbons (Fsp3) is 0.267. The van der Waals surface area contributed by atoms with Crippen molar-refractivity contribution in [2.24, 2.45) is 0 Å². The Balaban J connectivity index is 1.22. The maximum Gasteiger partial charge on any atom is 0.252 e. The highest BCUT2D eigenvalue weighted by Gasteiger charge is 2.23. The highest BCUT2D eigenvalue weighted by Crippen LogP contribution is 2.29. The lowest BCUT2D eigenvalue weighted by Gasteiger charge is -2.32. The number of nitrogens with zero attached hydrogens (tertiary/aromatic N) is 2. The number of hydrogen-bond donors (Lipinski definition) is 1. The smallest absolute Gasteiger partial charge is 0.252 e. The second-order valence-corrected chi connectivity index (χ2v) is 9.32. The molecule has 1 amide bonds. The zero-order valence-electron chi connectivity index (χ0n) is 20.7. The minimum absolute atomic E-state index is 0.0908. The third-order valence-corrected chi connectivity index (χ3v) is 6.71. The molecule has 184 valence electrons. The molecule has 1 N–H and O–H groups in total. The number of piperidine rings is 1. The fourth-order valence-corrected chi connectivity index (χ4v) is 4.65. The largest absolute Gasteiger partial charge is 0.497 e. The van der Waals surface area contributed by atoms with Gasteiger partial charge < -0.3 is 14.5 Å². The Hall–Kier alpha value is -3.90. The van der Waals surface area contributed by atoms with Crippen molar-refractivity contribution in [2.75, 3.05) is 20.2 Å². The van der Waals surface area contributed by atoms with Gasteiger partial charge >= 0.3 is 0 Å². The highest BCUT2D eigenvalue weighted by atomic mass is 16.5. The lowest BCUT2D eigenvalue weighted by Crippen LogP contribution is -2.44. The van der Waals surface area contributed by atoms with E-state index in [1.54, 1.807) is 13.3 Å². The molecular weight excluding hydrogens is 450 g/mol. The Bertz CT molecular complexity index is 1320. The van der Waals surface area contributed by atoms with Crippen LogP contribution in [0.15, 0.2) is 83.4 Å². The van der Waals surface area contributed by atoms with Crippen molar-refractivity contribution >= 4 is 5.91 Å². The molecule has 1 aliphatic heterocycles. The minimum Gasteiger partial charge on any atom is -0.497 e. The number of carbonyl (C=O) groups is 1. The summed E-state index contributed by atoms with van der Waals surface area (Å²) in [5, 5.41) is 3.24. The van der Waals surface area contributed by atoms with Crippen LogP contribution in [0.1, 0.15) is 34.3 Å². The summed E-state index contributed by atoms with van der Waals surface area (Å²) in [4.78, 5) is 20.2. The van der Waals surface area contributed by atoms with Crippen molar-refractivity contribution in [2.45, 2.75) is 32.4 Å². The van der Waals surface area contributed by atoms with Crippen molar-refractivity contribution in [3.05, 3.63) is 95.7 Å². The molecule has 0 bridgehead atoms. The van der Waals surface area contributed by atoms with E-state index in [4.69, 9.17) is 9.15 Å². The number of benzene rings is 3. The van der Waals surface area contributed by atoms with E-state index in [9.17, 15) is 4.79 Å². The van der Waals surface area contributed by atoms with E-state index in [0.717, 1.165) is 43.8 Å². The fourth-order valence-electron chi connectivity index (χ4n) is 4.65. The molecular formula is C30H31N3O3. The summed E-state index contributed by atoms with van der Waals surface area (Å²) in [5.74, 6) is 1.92. The van der Waals surface area contributed by atoms with Gasteiger partial charge in [-0.1, -0.05) is 54.1 Å². The molecule has 0 spiro atoms. The first-order valence-electron chi connectivity index (χ1n) is 12.4. The molecule has 0 unspecified atom stereocenters. The number of carbonyl (C=O) groups excluding carboxylic acids is 1. The third kappa shape index (κ3) is 5.50. The number of methoxy groups -OCH3 is 1. The Morgan fingerprint density at radius 2 is 1.83 bits per heavy atom. The SMILES string of the molecule is COc1cccc(CN2CCC(NC(=O)c3ccccc3-c3ncc(-c4ccc(C)cc4)o3)CC2)c1. The molecule has 0 saturated carbocycles. The minimum atomic E-state index is -0.0908. The van der Waals surface area contributed by atoms with E-state index in [1.165, 1.54) is 11.1 Å². The lowest BCUT2D eigenvalue weighted by molar-refractivity contribution is 0.0909. The second-order valence-electron chi connectivity index (χ2n) is 9.32. The summed E-state index contributed by atoms with van der Waals surface area (Å²) in [5.41, 5.74) is 4.66. The average Bonchev–Trinajstić information content (AvgIpc) is 3.40. The number of aryl methyl sites for hydroxylation is 1. The number of amides is 1. The zero-order valence-corrected chi connectivity index (χ0v) is 20.7. The summed E-state index contributed by atoms with van der Waals surface area (Å²) in [6.45, 7) is 4.80. The van der Waals surface area contributed by atoms with Gasteiger partial charge in [0.1, 0.15) is 5.75 Å². The first kappa shape index (κ1) is 23.8. The molecule has 1 aromatic heterocycles. The third-order valence-electron chi connectivity index (χ3n) is 6.71. The quantitative estimate of drug-likeness (QED) is 0.366. The number of oxazole rings is 1. The molecule has 3 aromatic carbocycles. The van der Waals surface area contributed by atoms with Crippen molar-refractivity contribution in [1.29, 1.82) is 0 Å². The predicted molar refractivity (Wildman–Crippen MR) is 141 cm³/mol. The molecule has 6 nitrogen and oxygen atoms in total. The van der Waals surface area contributed by atoms with Gasteiger partial charge in [0, 0.05) is 36.8 Å². The van der Waals surface area contributed by atoms with Crippen LogP contribution in [0, 0.1) is 6.92 Å². The maximum atomic E-state index is 13.3. The van der Waals surface area contributed by atoms with Gasteiger partial charge in [-0.15, -0.1) is 0 Å². The maximum absolute atomic E-state index is 13.3. The topological polar surface area (TPSA) is 67.6 Å². The van der Waals surface area contributed by atoms with E-state index < -0.39 is 0 Å². The van der Waals surface area contributed by atoms with Crippen LogP contribution in [-0.2, 0) is 6.54 Å². The number of hydrogen-bond acceptors (Lipinski definition) is 5. The van der Waals surface area contributed by atoms with Crippen LogP contribution in [0.25, 0.3) is 22.8 Å². The molecule has 5 rings (SSSR count). The molecule has 2 heterocycles. The zero-order chi connectivity index (χ0) is 24.9. The van der Waals surface area contributed by atoms with Crippen LogP contribution in [0.3, 0.4) is 0 Å². The number of likely N-dealkylation sites (tertiary alicyclic amines) is 1. The monoisotopic (exact) mass is 481 g/mol. The first-order chi connectivity index (χ1) is 17.6. The number of rotatable bonds is 7. The van der Waals surface area contributed by atoms with E-state index >= 15 is 0 Å². The van der Waals surface area contributed by atoms with Crippen LogP contribution in [-0.4, -0.2) is 42.0 Å². The van der Waals surface area contributed by atoms with Crippen molar-refractivity contribution < 1.29 is 13.9 Å². The Kier molecular flexibility index (Phi) is 7.14. The van der Waals surface area contributed by atoms with Gasteiger partial charge in [0.25, 0.3) is 5.91 Å². The van der Waals surface area contributed by atoms with Crippen LogP contribution in [0.5, 0.6) is 5.75 Å². The van der Waals surface area contributed by atoms with Crippen molar-refractivity contribution in [3.63, 3.8) is 0 Å². The Morgan fingerprint density at radius 1 is 1.06 bits per heavy atom. The highest BCUT2D eigenvalue weighted by molar-refractivity contribution is 6.00. The van der Waals surface area contributed by atoms with E-state index in [2.05, 4.69) is 34.3 Å². The second kappa shape index (κ2) is 10.8. The van der Waals surface area contributed by atoms with E-state index in [1.807, 2.05) is 60.7 Å². The number of nitrogens with one attached hydrogen (secondary N) is 1. The number of ether oxygens (including phenoxy) is 1. The normalized spacial score (nSPS) is 14.5. The van der Waals surface area contributed by atoms with Gasteiger partial charge in [-0.05, 0) is 49.6 Å². The molecule has 36 heavy (non-hydrogen) atoms. The summed E-state index contributed by atoms with van der Waals surface area (Å²) in [6.07, 6.45) is 3.54. The van der Waals surface area contributed by atoms with Gasteiger partial charge in [-0.2, -0.15) is 0 Å². The van der Waals surface area contributed by atoms with Crippen molar-refractivity contribution in [1.82, 2.24) is 15.2 Å². The summed E-state index contributed by atoms with van der Waals surface area (Å²) < 4.78 is 11.4. The molecule has 6 heteroatoms. The standard InChI is InChI=1S/C30H31N3O3/c1-21-10-12-23(13-11-21)28-19-31-30(36-28)27-9-4-3-8-26(27)29(34)32-24-14-16-33(17-15-24)20-22-6-5-7-25(18-22)35-2/h3-13,18-19,24H,14-17,20H2,1-2H3,(H,32,34). The molecule has 0 aliphatic carbocycles. The summed E-state index contributed by atoms with van der Waals surface area (Å²) in [7, 11) is 1.69. The summed E-state index contributed by atoms with van der Waals surface area (Å²) in [6, 6.07) is 23.9. The van der Waals surface area contributed by atoms with Gasteiger partial charge in [-0.25, -0.2) is 4.98 Å². The predicted octanol–water partition coefficient (Wildman–Crippen LogP) is 5.72. The first-order valence-corrected chi connectivity index (χ1v) is 12.4. The lowest BCUT2D eigenvalue weighted by atomic mass is 10.0. The van der Waals surface area contributed by atoms with Gasteiger partial charge in [0.2, 0.25) is 5.89 Å². The van der Waals surface area contributed by atoms with Crippen LogP contribution < -0.4 is 10.1 Å². The molecule has 1 saturated heterocycles. The summed E-state index contributed by atoms with van der Waals surface area (Å²) >= 11 is 0. The average molecular weight is 482 g/mol. The van der Waals surface area contributed by atoms with Gasteiger partial charge in [0.05, 0.1) is 18.9 Å². The Morgan fingerprint density at radius 3 is 2.61 bits per heavy atom. The molecule has 0 atom stereocenters. The van der Waals surface area contributed by atoms with E-state index in [0.29, 0.717) is 22.8 Å². The van der Waals surface area contributed by atoms with Crippen LogP contribution >= 0.6 is 0 Å².